The molecule has 6 nitrogen and oxygen atoms in total. The number of alkyl halides is 3. The molecule has 2 amide bonds. The minimum absolute atomic E-state index is 0.146. The van der Waals surface area contributed by atoms with Crippen LogP contribution in [0.4, 0.5) is 18.0 Å². The molecular formula is C10H15F3N2O4. The SMILES string of the molecule is COC(CNC(=O)NC1(C(F)(F)F)CC1)CC(=O)O. The first-order valence-electron chi connectivity index (χ1n) is 5.57. The molecule has 0 aromatic heterocycles. The summed E-state index contributed by atoms with van der Waals surface area (Å²) in [5, 5.41) is 12.6. The van der Waals surface area contributed by atoms with Gasteiger partial charge in [-0.3, -0.25) is 4.79 Å². The Balaban J connectivity index is 2.38. The quantitative estimate of drug-likeness (QED) is 0.675. The number of carboxylic acid groups (broad SMARTS) is 1. The monoisotopic (exact) mass is 284 g/mol. The van der Waals surface area contributed by atoms with Gasteiger partial charge in [-0.15, -0.1) is 0 Å². The Morgan fingerprint density at radius 2 is 2.00 bits per heavy atom. The first kappa shape index (κ1) is 15.5. The predicted molar refractivity (Wildman–Crippen MR) is 57.6 cm³/mol. The summed E-state index contributed by atoms with van der Waals surface area (Å²) in [5.41, 5.74) is -2.13. The van der Waals surface area contributed by atoms with Gasteiger partial charge in [0.2, 0.25) is 0 Å². The van der Waals surface area contributed by atoms with Crippen molar-refractivity contribution >= 4 is 12.0 Å². The van der Waals surface area contributed by atoms with Gasteiger partial charge in [0.25, 0.3) is 0 Å². The first-order chi connectivity index (χ1) is 8.70. The van der Waals surface area contributed by atoms with Crippen molar-refractivity contribution in [1.29, 1.82) is 0 Å². The predicted octanol–water partition coefficient (Wildman–Crippen LogP) is 0.870. The number of carboxylic acids is 1. The molecule has 1 unspecified atom stereocenters. The Kier molecular flexibility index (Phi) is 4.61. The highest BCUT2D eigenvalue weighted by Crippen LogP contribution is 2.48. The van der Waals surface area contributed by atoms with Crippen molar-refractivity contribution in [1.82, 2.24) is 10.6 Å². The highest BCUT2D eigenvalue weighted by atomic mass is 19.4. The number of aliphatic carboxylic acids is 1. The molecule has 0 radical (unpaired) electrons. The number of hydrogen-bond donors (Lipinski definition) is 3. The normalized spacial score (nSPS) is 18.5. The molecule has 9 heteroatoms. The molecule has 0 aromatic carbocycles. The molecule has 0 spiro atoms. The number of ether oxygens (including phenoxy) is 1. The van der Waals surface area contributed by atoms with E-state index in [1.165, 1.54) is 7.11 Å². The molecule has 1 aliphatic rings. The molecule has 1 rings (SSSR count). The number of carbonyl (C=O) groups is 2. The third kappa shape index (κ3) is 4.27. The summed E-state index contributed by atoms with van der Waals surface area (Å²) in [7, 11) is 1.26. The second kappa shape index (κ2) is 5.64. The van der Waals surface area contributed by atoms with Gasteiger partial charge in [0.15, 0.2) is 0 Å². The molecule has 19 heavy (non-hydrogen) atoms. The Morgan fingerprint density at radius 1 is 1.42 bits per heavy atom. The molecule has 0 bridgehead atoms. The third-order valence-corrected chi connectivity index (χ3v) is 2.87. The molecule has 110 valence electrons. The third-order valence-electron chi connectivity index (χ3n) is 2.87. The van der Waals surface area contributed by atoms with Crippen LogP contribution in [0, 0.1) is 0 Å². The van der Waals surface area contributed by atoms with Crippen molar-refractivity contribution in [3.63, 3.8) is 0 Å². The average Bonchev–Trinajstić information content (AvgIpc) is 3.03. The van der Waals surface area contributed by atoms with Gasteiger partial charge in [0.05, 0.1) is 12.5 Å². The fourth-order valence-corrected chi connectivity index (χ4v) is 1.51. The smallest absolute Gasteiger partial charge is 0.411 e. The Bertz CT molecular complexity index is 355. The van der Waals surface area contributed by atoms with Crippen molar-refractivity contribution in [2.24, 2.45) is 0 Å². The maximum Gasteiger partial charge on any atom is 0.411 e. The lowest BCUT2D eigenvalue weighted by atomic mass is 10.2. The zero-order valence-corrected chi connectivity index (χ0v) is 10.2. The van der Waals surface area contributed by atoms with E-state index in [1.807, 2.05) is 5.32 Å². The molecule has 0 aliphatic heterocycles. The molecule has 1 fully saturated rings. The fraction of sp³-hybridized carbons (Fsp3) is 0.800. The maximum atomic E-state index is 12.5. The molecule has 1 aliphatic carbocycles. The van der Waals surface area contributed by atoms with E-state index in [9.17, 15) is 22.8 Å². The highest BCUT2D eigenvalue weighted by Gasteiger charge is 2.64. The summed E-state index contributed by atoms with van der Waals surface area (Å²) in [6.07, 6.45) is -5.91. The van der Waals surface area contributed by atoms with Crippen LogP contribution in [0.3, 0.4) is 0 Å². The van der Waals surface area contributed by atoms with Gasteiger partial charge in [-0.1, -0.05) is 0 Å². The summed E-state index contributed by atoms with van der Waals surface area (Å²) in [6, 6.07) is -0.984. The van der Waals surface area contributed by atoms with Gasteiger partial charge in [0.1, 0.15) is 5.54 Å². The molecule has 0 aromatic rings. The van der Waals surface area contributed by atoms with Crippen molar-refractivity contribution in [2.45, 2.75) is 37.1 Å². The van der Waals surface area contributed by atoms with Crippen LogP contribution in [0.15, 0.2) is 0 Å². The number of methoxy groups -OCH3 is 1. The largest absolute Gasteiger partial charge is 0.481 e. The van der Waals surface area contributed by atoms with Gasteiger partial charge in [-0.05, 0) is 12.8 Å². The van der Waals surface area contributed by atoms with Crippen LogP contribution in [0.5, 0.6) is 0 Å². The Hall–Kier alpha value is -1.51. The Labute approximate surface area is 107 Å². The summed E-state index contributed by atoms with van der Waals surface area (Å²) in [6.45, 7) is -0.178. The summed E-state index contributed by atoms with van der Waals surface area (Å²) in [5.74, 6) is -1.12. The zero-order chi connectivity index (χ0) is 14.7. The topological polar surface area (TPSA) is 87.7 Å². The molecule has 1 atom stereocenters. The first-order valence-corrected chi connectivity index (χ1v) is 5.57. The Morgan fingerprint density at radius 3 is 2.37 bits per heavy atom. The zero-order valence-electron chi connectivity index (χ0n) is 10.2. The van der Waals surface area contributed by atoms with Crippen LogP contribution in [0.2, 0.25) is 0 Å². The van der Waals surface area contributed by atoms with Crippen LogP contribution in [0.25, 0.3) is 0 Å². The van der Waals surface area contributed by atoms with Crippen molar-refractivity contribution in [3.8, 4) is 0 Å². The lowest BCUT2D eigenvalue weighted by molar-refractivity contribution is -0.162. The molecule has 1 saturated carbocycles. The molecule has 0 saturated heterocycles. The van der Waals surface area contributed by atoms with Gasteiger partial charge >= 0.3 is 18.2 Å². The van der Waals surface area contributed by atoms with E-state index in [2.05, 4.69) is 5.32 Å². The van der Waals surface area contributed by atoms with E-state index in [1.54, 1.807) is 0 Å². The molecule has 3 N–H and O–H groups in total. The summed E-state index contributed by atoms with van der Waals surface area (Å²) in [4.78, 5) is 21.8. The van der Waals surface area contributed by atoms with Crippen molar-refractivity contribution in [2.75, 3.05) is 13.7 Å². The number of halogens is 3. The van der Waals surface area contributed by atoms with Crippen LogP contribution in [-0.2, 0) is 9.53 Å². The van der Waals surface area contributed by atoms with E-state index in [4.69, 9.17) is 9.84 Å². The lowest BCUT2D eigenvalue weighted by Gasteiger charge is -2.21. The number of rotatable bonds is 6. The van der Waals surface area contributed by atoms with Gasteiger partial charge in [0, 0.05) is 13.7 Å². The highest BCUT2D eigenvalue weighted by molar-refractivity contribution is 5.75. The molecule has 0 heterocycles. The van der Waals surface area contributed by atoms with Crippen molar-refractivity contribution < 1.29 is 32.6 Å². The van der Waals surface area contributed by atoms with E-state index in [0.29, 0.717) is 0 Å². The van der Waals surface area contributed by atoms with Crippen LogP contribution >= 0.6 is 0 Å². The van der Waals surface area contributed by atoms with Gasteiger partial charge in [-0.2, -0.15) is 13.2 Å². The van der Waals surface area contributed by atoms with E-state index in [0.717, 1.165) is 0 Å². The minimum Gasteiger partial charge on any atom is -0.481 e. The number of hydrogen-bond acceptors (Lipinski definition) is 3. The molecular weight excluding hydrogens is 269 g/mol. The van der Waals surface area contributed by atoms with Crippen LogP contribution < -0.4 is 10.6 Å². The minimum atomic E-state index is -4.48. The summed E-state index contributed by atoms with van der Waals surface area (Å²) >= 11 is 0. The second-order valence-corrected chi connectivity index (χ2v) is 4.37. The maximum absolute atomic E-state index is 12.5. The second-order valence-electron chi connectivity index (χ2n) is 4.37. The average molecular weight is 284 g/mol. The van der Waals surface area contributed by atoms with E-state index < -0.39 is 29.8 Å². The van der Waals surface area contributed by atoms with Gasteiger partial charge in [-0.25, -0.2) is 4.79 Å². The number of carbonyl (C=O) groups excluding carboxylic acids is 1. The van der Waals surface area contributed by atoms with Crippen LogP contribution in [0.1, 0.15) is 19.3 Å². The van der Waals surface area contributed by atoms with Gasteiger partial charge < -0.3 is 20.5 Å². The number of amides is 2. The summed E-state index contributed by atoms with van der Waals surface area (Å²) < 4.78 is 42.4. The van der Waals surface area contributed by atoms with E-state index >= 15 is 0 Å². The van der Waals surface area contributed by atoms with Crippen LogP contribution in [-0.4, -0.2) is 48.6 Å². The number of nitrogens with one attached hydrogen (secondary N) is 2. The van der Waals surface area contributed by atoms with E-state index in [-0.39, 0.29) is 25.8 Å². The lowest BCUT2D eigenvalue weighted by Crippen LogP contribution is -2.52. The van der Waals surface area contributed by atoms with Crippen molar-refractivity contribution in [3.05, 3.63) is 0 Å². The number of urea groups is 1. The standard InChI is InChI=1S/C10H15F3N2O4/c1-19-6(4-7(16)17)5-14-8(18)15-9(2-3-9)10(11,12)13/h6H,2-5H2,1H3,(H,16,17)(H2,14,15,18). The fourth-order valence-electron chi connectivity index (χ4n) is 1.51.